The summed E-state index contributed by atoms with van der Waals surface area (Å²) in [6, 6.07) is 11.3. The van der Waals surface area contributed by atoms with Crippen molar-refractivity contribution in [3.63, 3.8) is 0 Å². The molecular formula is C24H12F6O2. The van der Waals surface area contributed by atoms with E-state index in [0.29, 0.717) is 12.2 Å². The minimum atomic E-state index is -4.90. The Bertz CT molecular complexity index is 1170. The molecule has 8 heteroatoms. The predicted octanol–water partition coefficient (Wildman–Crippen LogP) is 6.52. The molecule has 32 heavy (non-hydrogen) atoms. The first-order valence-corrected chi connectivity index (χ1v) is 9.26. The van der Waals surface area contributed by atoms with Crippen molar-refractivity contribution < 1.29 is 35.9 Å². The van der Waals surface area contributed by atoms with Crippen molar-refractivity contribution in [3.8, 4) is 0 Å². The van der Waals surface area contributed by atoms with Gasteiger partial charge in [-0.05, 0) is 34.4 Å². The van der Waals surface area contributed by atoms with E-state index in [-0.39, 0.29) is 33.4 Å². The highest BCUT2D eigenvalue weighted by molar-refractivity contribution is 6.18. The third-order valence-corrected chi connectivity index (χ3v) is 5.11. The van der Waals surface area contributed by atoms with Crippen molar-refractivity contribution in [2.75, 3.05) is 0 Å². The third kappa shape index (κ3) is 3.72. The van der Waals surface area contributed by atoms with Crippen LogP contribution in [-0.4, -0.2) is 23.9 Å². The first kappa shape index (κ1) is 21.5. The summed E-state index contributed by atoms with van der Waals surface area (Å²) in [4.78, 5) is 24.5. The number of carbonyl (C=O) groups excluding carboxylic acids is 2. The maximum absolute atomic E-state index is 13.4. The molecule has 0 amide bonds. The zero-order chi connectivity index (χ0) is 23.3. The predicted molar refractivity (Wildman–Crippen MR) is 106 cm³/mol. The summed E-state index contributed by atoms with van der Waals surface area (Å²) in [7, 11) is 0. The molecule has 0 aliphatic heterocycles. The Kier molecular flexibility index (Phi) is 5.03. The molecular weight excluding hydrogens is 434 g/mol. The van der Waals surface area contributed by atoms with Crippen molar-refractivity contribution in [1.82, 2.24) is 0 Å². The Balaban J connectivity index is 1.91. The van der Waals surface area contributed by atoms with E-state index in [2.05, 4.69) is 0 Å². The normalized spacial score (nSPS) is 18.9. The van der Waals surface area contributed by atoms with Gasteiger partial charge in [0.15, 0.2) is 11.6 Å². The highest BCUT2D eigenvalue weighted by atomic mass is 19.4. The first-order chi connectivity index (χ1) is 15.0. The number of fused-ring (bicyclic) bond motifs is 2. The Morgan fingerprint density at radius 1 is 0.531 bits per heavy atom. The second-order valence-corrected chi connectivity index (χ2v) is 7.10. The fourth-order valence-corrected chi connectivity index (χ4v) is 3.63. The average Bonchev–Trinajstić information content (AvgIpc) is 2.73. The summed E-state index contributed by atoms with van der Waals surface area (Å²) in [5.41, 5.74) is -2.58. The zero-order valence-corrected chi connectivity index (χ0v) is 16.0. The number of Topliss-reactive ketones (excluding diaryl/α,β-unsaturated/α-hetero) is 2. The van der Waals surface area contributed by atoms with Gasteiger partial charge in [0.1, 0.15) is 11.1 Å². The number of halogens is 6. The van der Waals surface area contributed by atoms with E-state index in [0.717, 1.165) is 0 Å². The standard InChI is InChI=1S/C24H12F6O2/c25-23(26,27)19-11-13(15-5-1-3-7-17(15)21(19)31)9-10-14-12-20(24(28,29)30)22(32)18-8-4-2-6-16(14)18/h1-12H/b13-9-,14-10-. The van der Waals surface area contributed by atoms with Gasteiger partial charge in [0, 0.05) is 11.1 Å². The van der Waals surface area contributed by atoms with Crippen molar-refractivity contribution in [1.29, 1.82) is 0 Å². The topological polar surface area (TPSA) is 34.1 Å². The number of ketones is 2. The Hall–Kier alpha value is -3.68. The summed E-state index contributed by atoms with van der Waals surface area (Å²) >= 11 is 0. The molecule has 0 heterocycles. The second-order valence-electron chi connectivity index (χ2n) is 7.10. The van der Waals surface area contributed by atoms with E-state index in [4.69, 9.17) is 0 Å². The van der Waals surface area contributed by atoms with Crippen molar-refractivity contribution in [3.05, 3.63) is 106 Å². The maximum atomic E-state index is 13.4. The highest BCUT2D eigenvalue weighted by Gasteiger charge is 2.42. The van der Waals surface area contributed by atoms with Gasteiger partial charge in [-0.15, -0.1) is 0 Å². The molecule has 0 fully saturated rings. The van der Waals surface area contributed by atoms with Gasteiger partial charge in [-0.2, -0.15) is 26.3 Å². The number of hydrogen-bond acceptors (Lipinski definition) is 2. The fraction of sp³-hybridized carbons (Fsp3) is 0.0833. The van der Waals surface area contributed by atoms with Gasteiger partial charge < -0.3 is 0 Å². The molecule has 0 N–H and O–H groups in total. The summed E-state index contributed by atoms with van der Waals surface area (Å²) in [5, 5.41) is 0. The summed E-state index contributed by atoms with van der Waals surface area (Å²) in [6.45, 7) is 0. The van der Waals surface area contributed by atoms with Gasteiger partial charge in [0.05, 0.1) is 0 Å². The second kappa shape index (κ2) is 7.47. The minimum Gasteiger partial charge on any atom is -0.289 e. The molecule has 4 rings (SSSR count). The Morgan fingerprint density at radius 2 is 0.844 bits per heavy atom. The van der Waals surface area contributed by atoms with Crippen LogP contribution >= 0.6 is 0 Å². The van der Waals surface area contributed by atoms with Crippen LogP contribution in [0.25, 0.3) is 11.1 Å². The van der Waals surface area contributed by atoms with Crippen LogP contribution in [0.1, 0.15) is 31.8 Å². The van der Waals surface area contributed by atoms with Gasteiger partial charge in [-0.25, -0.2) is 0 Å². The average molecular weight is 446 g/mol. The lowest BCUT2D eigenvalue weighted by atomic mass is 9.84. The monoisotopic (exact) mass is 446 g/mol. The van der Waals surface area contributed by atoms with Crippen molar-refractivity contribution in [2.24, 2.45) is 0 Å². The lowest BCUT2D eigenvalue weighted by Gasteiger charge is -2.21. The van der Waals surface area contributed by atoms with Crippen LogP contribution < -0.4 is 0 Å². The van der Waals surface area contributed by atoms with Gasteiger partial charge in [0.2, 0.25) is 0 Å². The van der Waals surface area contributed by atoms with Gasteiger partial charge in [-0.1, -0.05) is 60.7 Å². The molecule has 0 bridgehead atoms. The molecule has 2 nitrogen and oxygen atoms in total. The van der Waals surface area contributed by atoms with Crippen LogP contribution in [0.3, 0.4) is 0 Å². The number of benzene rings is 2. The van der Waals surface area contributed by atoms with Crippen LogP contribution in [0.4, 0.5) is 26.3 Å². The summed E-state index contributed by atoms with van der Waals surface area (Å²) < 4.78 is 80.2. The van der Waals surface area contributed by atoms with Gasteiger partial charge in [0.25, 0.3) is 0 Å². The molecule has 0 spiro atoms. The lowest BCUT2D eigenvalue weighted by Crippen LogP contribution is -2.24. The van der Waals surface area contributed by atoms with Crippen LogP contribution in [0.15, 0.2) is 84.0 Å². The van der Waals surface area contributed by atoms with Crippen LogP contribution in [0.2, 0.25) is 0 Å². The molecule has 0 radical (unpaired) electrons. The van der Waals surface area contributed by atoms with E-state index >= 15 is 0 Å². The van der Waals surface area contributed by atoms with E-state index in [1.54, 1.807) is 0 Å². The number of hydrogen-bond donors (Lipinski definition) is 0. The summed E-state index contributed by atoms with van der Waals surface area (Å²) in [6.07, 6.45) is -6.02. The SMILES string of the molecule is O=C1C(C(F)(F)F)=C/C(=C/C=C2/C=C(C(F)(F)F)C(=O)c3ccccc32)c2ccccc21. The number of alkyl halides is 6. The summed E-state index contributed by atoms with van der Waals surface area (Å²) in [5.74, 6) is -2.35. The maximum Gasteiger partial charge on any atom is 0.420 e. The smallest absolute Gasteiger partial charge is 0.289 e. The first-order valence-electron chi connectivity index (χ1n) is 9.26. The van der Waals surface area contributed by atoms with Crippen molar-refractivity contribution >= 4 is 22.7 Å². The number of rotatable bonds is 1. The third-order valence-electron chi connectivity index (χ3n) is 5.11. The van der Waals surface area contributed by atoms with Gasteiger partial charge >= 0.3 is 12.4 Å². The zero-order valence-electron chi connectivity index (χ0n) is 16.0. The van der Waals surface area contributed by atoms with E-state index < -0.39 is 35.1 Å². The Labute approximate surface area is 177 Å². The van der Waals surface area contributed by atoms with E-state index in [1.807, 2.05) is 0 Å². The largest absolute Gasteiger partial charge is 0.420 e. The van der Waals surface area contributed by atoms with Crippen molar-refractivity contribution in [2.45, 2.75) is 12.4 Å². The van der Waals surface area contributed by atoms with Crippen LogP contribution in [0, 0.1) is 0 Å². The molecule has 0 aromatic heterocycles. The molecule has 2 aliphatic rings. The van der Waals surface area contributed by atoms with Crippen LogP contribution in [-0.2, 0) is 0 Å². The highest BCUT2D eigenvalue weighted by Crippen LogP contribution is 2.39. The molecule has 162 valence electrons. The lowest BCUT2D eigenvalue weighted by molar-refractivity contribution is -0.0898. The van der Waals surface area contributed by atoms with Gasteiger partial charge in [-0.3, -0.25) is 9.59 Å². The molecule has 0 unspecified atom stereocenters. The fourth-order valence-electron chi connectivity index (χ4n) is 3.63. The minimum absolute atomic E-state index is 0.0105. The number of allylic oxidation sites excluding steroid dienone is 8. The Morgan fingerprint density at radius 3 is 1.16 bits per heavy atom. The molecule has 2 aliphatic carbocycles. The molecule has 2 aromatic carbocycles. The molecule has 0 saturated carbocycles. The van der Waals surface area contributed by atoms with E-state index in [9.17, 15) is 35.9 Å². The molecule has 0 atom stereocenters. The molecule has 2 aromatic rings. The molecule has 0 saturated heterocycles. The van der Waals surface area contributed by atoms with E-state index in [1.165, 1.54) is 60.7 Å². The quantitative estimate of drug-likeness (QED) is 0.467. The number of carbonyl (C=O) groups is 2. The van der Waals surface area contributed by atoms with Crippen LogP contribution in [0.5, 0.6) is 0 Å².